The molecule has 1 aliphatic rings. The Balaban J connectivity index is 1.83. The van der Waals surface area contributed by atoms with Gasteiger partial charge in [0.15, 0.2) is 0 Å². The number of sulfonamides is 1. The van der Waals surface area contributed by atoms with E-state index in [2.05, 4.69) is 5.10 Å². The first-order chi connectivity index (χ1) is 16.4. The highest BCUT2D eigenvalue weighted by Gasteiger charge is 2.27. The minimum absolute atomic E-state index is 0.143. The highest BCUT2D eigenvalue weighted by molar-refractivity contribution is 7.89. The molecule has 0 amide bonds. The molecule has 174 valence electrons. The Morgan fingerprint density at radius 2 is 1.88 bits per heavy atom. The van der Waals surface area contributed by atoms with Gasteiger partial charge in [0.2, 0.25) is 10.0 Å². The zero-order chi connectivity index (χ0) is 24.1. The Labute approximate surface area is 198 Å². The number of carbonyl (C=O) groups is 1. The van der Waals surface area contributed by atoms with Gasteiger partial charge in [0.05, 0.1) is 17.2 Å². The fourth-order valence-electron chi connectivity index (χ4n) is 3.81. The number of carbonyl (C=O) groups excluding carboxylic acids is 1. The van der Waals surface area contributed by atoms with E-state index in [1.165, 1.54) is 10.4 Å². The summed E-state index contributed by atoms with van der Waals surface area (Å²) in [4.78, 5) is 12.4. The molecule has 0 saturated carbocycles. The van der Waals surface area contributed by atoms with E-state index in [1.54, 1.807) is 42.1 Å². The summed E-state index contributed by atoms with van der Waals surface area (Å²) in [6.45, 7) is 2.82. The van der Waals surface area contributed by atoms with Crippen LogP contribution in [0.25, 0.3) is 23.0 Å². The van der Waals surface area contributed by atoms with Gasteiger partial charge in [-0.3, -0.25) is 0 Å². The Bertz CT molecular complexity index is 1370. The Morgan fingerprint density at radius 1 is 1.15 bits per heavy atom. The molecule has 0 unspecified atom stereocenters. The third-order valence-electron chi connectivity index (χ3n) is 5.49. The van der Waals surface area contributed by atoms with E-state index in [1.807, 2.05) is 36.4 Å². The molecule has 1 aliphatic heterocycles. The minimum Gasteiger partial charge on any atom is -0.462 e. The molecule has 2 aromatic carbocycles. The van der Waals surface area contributed by atoms with E-state index in [9.17, 15) is 18.5 Å². The maximum absolute atomic E-state index is 13.1. The number of rotatable bonds is 7. The topological polar surface area (TPSA) is 105 Å². The predicted molar refractivity (Wildman–Crippen MR) is 127 cm³/mol. The molecular weight excluding hydrogens is 452 g/mol. The molecule has 1 fully saturated rings. The lowest BCUT2D eigenvalue weighted by molar-refractivity contribution is -0.137. The molecule has 0 radical (unpaired) electrons. The largest absolute Gasteiger partial charge is 0.462 e. The van der Waals surface area contributed by atoms with Crippen LogP contribution in [-0.4, -0.2) is 48.2 Å². The standard InChI is InChI=1S/C25H24N4O4S/c1-2-33-25(30)20(17-26)15-21-18-29(22-10-4-3-5-11-22)27-24(21)19-9-8-12-23(16-19)34(31,32)28-13-6-7-14-28/h3-5,8-12,15-16,18H,2,6-7,13-14H2,1H3/b20-15-. The first kappa shape index (κ1) is 23.4. The van der Waals surface area contributed by atoms with Crippen LogP contribution < -0.4 is 0 Å². The van der Waals surface area contributed by atoms with Crippen LogP contribution >= 0.6 is 0 Å². The number of benzene rings is 2. The van der Waals surface area contributed by atoms with Crippen molar-refractivity contribution in [2.75, 3.05) is 19.7 Å². The second kappa shape index (κ2) is 10.0. The average Bonchev–Trinajstić information content (AvgIpc) is 3.54. The molecule has 0 bridgehead atoms. The SMILES string of the molecule is CCOC(=O)/C(C#N)=C\c1cn(-c2ccccc2)nc1-c1cccc(S(=O)(=O)N2CCCC2)c1. The van der Waals surface area contributed by atoms with Crippen molar-refractivity contribution in [1.82, 2.24) is 14.1 Å². The lowest BCUT2D eigenvalue weighted by Gasteiger charge is -2.16. The molecule has 3 aromatic rings. The normalized spacial score (nSPS) is 14.6. The van der Waals surface area contributed by atoms with Crippen molar-refractivity contribution in [2.45, 2.75) is 24.7 Å². The zero-order valence-corrected chi connectivity index (χ0v) is 19.5. The van der Waals surface area contributed by atoms with Crippen molar-refractivity contribution in [2.24, 2.45) is 0 Å². The van der Waals surface area contributed by atoms with Crippen molar-refractivity contribution < 1.29 is 17.9 Å². The number of para-hydroxylation sites is 1. The smallest absolute Gasteiger partial charge is 0.348 e. The summed E-state index contributed by atoms with van der Waals surface area (Å²) in [7, 11) is -3.62. The van der Waals surface area contributed by atoms with Crippen LogP contribution in [0.3, 0.4) is 0 Å². The monoisotopic (exact) mass is 476 g/mol. The molecule has 8 nitrogen and oxygen atoms in total. The molecule has 0 aliphatic carbocycles. The first-order valence-electron chi connectivity index (χ1n) is 11.0. The van der Waals surface area contributed by atoms with E-state index >= 15 is 0 Å². The van der Waals surface area contributed by atoms with Crippen LogP contribution in [0.2, 0.25) is 0 Å². The zero-order valence-electron chi connectivity index (χ0n) is 18.7. The third kappa shape index (κ3) is 4.78. The molecule has 0 spiro atoms. The Hall–Kier alpha value is -3.74. The summed E-state index contributed by atoms with van der Waals surface area (Å²) in [6, 6.07) is 17.8. The summed E-state index contributed by atoms with van der Waals surface area (Å²) in [5, 5.41) is 14.2. The second-order valence-electron chi connectivity index (χ2n) is 7.74. The predicted octanol–water partition coefficient (Wildman–Crippen LogP) is 3.79. The third-order valence-corrected chi connectivity index (χ3v) is 7.38. The number of esters is 1. The van der Waals surface area contributed by atoms with Gasteiger partial charge < -0.3 is 4.74 Å². The van der Waals surface area contributed by atoms with Gasteiger partial charge in [0.1, 0.15) is 17.3 Å². The Kier molecular flexibility index (Phi) is 6.91. The lowest BCUT2D eigenvalue weighted by atomic mass is 10.1. The van der Waals surface area contributed by atoms with Gasteiger partial charge in [0.25, 0.3) is 0 Å². The summed E-state index contributed by atoms with van der Waals surface area (Å²) in [5.74, 6) is -0.728. The minimum atomic E-state index is -3.62. The molecule has 2 heterocycles. The van der Waals surface area contributed by atoms with Gasteiger partial charge >= 0.3 is 5.97 Å². The molecule has 1 saturated heterocycles. The quantitative estimate of drug-likeness (QED) is 0.292. The number of aromatic nitrogens is 2. The number of nitriles is 1. The number of nitrogens with zero attached hydrogens (tertiary/aromatic N) is 4. The molecule has 0 N–H and O–H groups in total. The first-order valence-corrected chi connectivity index (χ1v) is 12.4. The fourth-order valence-corrected chi connectivity index (χ4v) is 5.38. The van der Waals surface area contributed by atoms with E-state index in [0.717, 1.165) is 18.5 Å². The van der Waals surface area contributed by atoms with E-state index in [-0.39, 0.29) is 17.1 Å². The van der Waals surface area contributed by atoms with Crippen molar-refractivity contribution in [1.29, 1.82) is 5.26 Å². The molecule has 1 aromatic heterocycles. The molecule has 9 heteroatoms. The summed E-state index contributed by atoms with van der Waals surface area (Å²) < 4.78 is 34.3. The number of ether oxygens (including phenoxy) is 1. The van der Waals surface area contributed by atoms with Crippen molar-refractivity contribution in [3.05, 3.63) is 71.9 Å². The average molecular weight is 477 g/mol. The second-order valence-corrected chi connectivity index (χ2v) is 9.68. The lowest BCUT2D eigenvalue weighted by Crippen LogP contribution is -2.27. The highest BCUT2D eigenvalue weighted by atomic mass is 32.2. The van der Waals surface area contributed by atoms with Crippen molar-refractivity contribution in [3.63, 3.8) is 0 Å². The maximum Gasteiger partial charge on any atom is 0.348 e. The van der Waals surface area contributed by atoms with Gasteiger partial charge in [-0.25, -0.2) is 17.9 Å². The fraction of sp³-hybridized carbons (Fsp3) is 0.240. The van der Waals surface area contributed by atoms with Gasteiger partial charge in [-0.05, 0) is 50.1 Å². The van der Waals surface area contributed by atoms with Crippen LogP contribution in [0.15, 0.2) is 71.3 Å². The number of hydrogen-bond acceptors (Lipinski definition) is 6. The van der Waals surface area contributed by atoms with E-state index < -0.39 is 16.0 Å². The van der Waals surface area contributed by atoms with E-state index in [4.69, 9.17) is 4.74 Å². The number of hydrogen-bond donors (Lipinski definition) is 0. The van der Waals surface area contributed by atoms with Gasteiger partial charge in [-0.1, -0.05) is 30.3 Å². The van der Waals surface area contributed by atoms with Crippen LogP contribution in [-0.2, 0) is 19.6 Å². The van der Waals surface area contributed by atoms with Gasteiger partial charge in [0, 0.05) is 30.4 Å². The summed E-state index contributed by atoms with van der Waals surface area (Å²) in [6.07, 6.45) is 4.81. The van der Waals surface area contributed by atoms with Gasteiger partial charge in [-0.15, -0.1) is 0 Å². The van der Waals surface area contributed by atoms with Gasteiger partial charge in [-0.2, -0.15) is 14.7 Å². The highest BCUT2D eigenvalue weighted by Crippen LogP contribution is 2.29. The summed E-state index contributed by atoms with van der Waals surface area (Å²) in [5.41, 5.74) is 2.10. The van der Waals surface area contributed by atoms with Crippen molar-refractivity contribution >= 4 is 22.1 Å². The van der Waals surface area contributed by atoms with Crippen LogP contribution in [0.4, 0.5) is 0 Å². The van der Waals surface area contributed by atoms with E-state index in [0.29, 0.717) is 29.9 Å². The van der Waals surface area contributed by atoms with Crippen LogP contribution in [0, 0.1) is 11.3 Å². The maximum atomic E-state index is 13.1. The van der Waals surface area contributed by atoms with Crippen LogP contribution in [0.1, 0.15) is 25.3 Å². The van der Waals surface area contributed by atoms with Crippen LogP contribution in [0.5, 0.6) is 0 Å². The molecular formula is C25H24N4O4S. The molecule has 34 heavy (non-hydrogen) atoms. The molecule has 0 atom stereocenters. The van der Waals surface area contributed by atoms with Crippen molar-refractivity contribution in [3.8, 4) is 23.0 Å². The Morgan fingerprint density at radius 3 is 2.56 bits per heavy atom. The summed E-state index contributed by atoms with van der Waals surface area (Å²) >= 11 is 0. The molecule has 4 rings (SSSR count).